The molecule has 54 heavy (non-hydrogen) atoms. The number of rotatable bonds is 3. The Morgan fingerprint density at radius 3 is 1.46 bits per heavy atom. The van der Waals surface area contributed by atoms with Crippen molar-refractivity contribution in [3.05, 3.63) is 182 Å². The van der Waals surface area contributed by atoms with Crippen LogP contribution >= 0.6 is 22.7 Å². The highest BCUT2D eigenvalue weighted by Gasteiger charge is 2.21. The summed E-state index contributed by atoms with van der Waals surface area (Å²) in [6.07, 6.45) is 0. The molecular formula is C52H30S2. The Balaban J connectivity index is 1.11. The van der Waals surface area contributed by atoms with Crippen LogP contribution < -0.4 is 0 Å². The summed E-state index contributed by atoms with van der Waals surface area (Å²) in [7, 11) is 0. The van der Waals surface area contributed by atoms with Crippen molar-refractivity contribution >= 4 is 106 Å². The highest BCUT2D eigenvalue weighted by atomic mass is 32.1. The lowest BCUT2D eigenvalue weighted by atomic mass is 9.85. The van der Waals surface area contributed by atoms with E-state index < -0.39 is 0 Å². The van der Waals surface area contributed by atoms with Crippen molar-refractivity contribution < 1.29 is 0 Å². The second-order valence-corrected chi connectivity index (χ2v) is 16.5. The lowest BCUT2D eigenvalue weighted by molar-refractivity contribution is 1.64. The molecule has 0 radical (unpaired) electrons. The Morgan fingerprint density at radius 1 is 0.259 bits per heavy atom. The van der Waals surface area contributed by atoms with Crippen molar-refractivity contribution in [3.8, 4) is 33.4 Å². The summed E-state index contributed by atoms with van der Waals surface area (Å²) in [5.41, 5.74) is 7.57. The maximum atomic E-state index is 2.46. The standard InChI is InChI=1S/C52H30S2/c1-2-12-31(13-3-1)33-24-22-32-23-25-34(29-36(32)28-33)47-37-14-4-6-16-39(37)48(40-17-7-5-15-38(40)47)35-26-27-44-46(30-35)54-51-42-19-9-8-18-41(42)49-43-20-10-11-21-45(43)53-52(49)50(44)51/h1-30H. The summed E-state index contributed by atoms with van der Waals surface area (Å²) in [5, 5.41) is 15.8. The van der Waals surface area contributed by atoms with Crippen molar-refractivity contribution in [2.45, 2.75) is 0 Å². The summed E-state index contributed by atoms with van der Waals surface area (Å²) in [6.45, 7) is 0. The zero-order valence-electron chi connectivity index (χ0n) is 29.1. The quantitative estimate of drug-likeness (QED) is 0.160. The minimum atomic E-state index is 1.24. The molecule has 0 nitrogen and oxygen atoms in total. The van der Waals surface area contributed by atoms with Crippen LogP contribution in [0.15, 0.2) is 182 Å². The molecule has 250 valence electrons. The third-order valence-electron chi connectivity index (χ3n) is 11.4. The van der Waals surface area contributed by atoms with E-state index in [1.54, 1.807) is 0 Å². The van der Waals surface area contributed by atoms with E-state index in [0.29, 0.717) is 0 Å². The molecule has 0 aliphatic carbocycles. The molecule has 2 heteroatoms. The van der Waals surface area contributed by atoms with E-state index in [4.69, 9.17) is 0 Å². The monoisotopic (exact) mass is 718 g/mol. The molecule has 12 rings (SSSR count). The van der Waals surface area contributed by atoms with Crippen LogP contribution in [0.2, 0.25) is 0 Å². The van der Waals surface area contributed by atoms with Crippen molar-refractivity contribution in [3.63, 3.8) is 0 Å². The second-order valence-electron chi connectivity index (χ2n) is 14.3. The van der Waals surface area contributed by atoms with Gasteiger partial charge in [-0.15, -0.1) is 22.7 Å². The molecule has 0 amide bonds. The number of hydrogen-bond donors (Lipinski definition) is 0. The van der Waals surface area contributed by atoms with Crippen LogP contribution in [-0.2, 0) is 0 Å². The molecule has 0 saturated carbocycles. The van der Waals surface area contributed by atoms with Gasteiger partial charge in [-0.25, -0.2) is 0 Å². The van der Waals surface area contributed by atoms with Gasteiger partial charge in [0, 0.05) is 45.7 Å². The summed E-state index contributed by atoms with van der Waals surface area (Å²) < 4.78 is 5.46. The van der Waals surface area contributed by atoms with Gasteiger partial charge in [-0.05, 0) is 95.3 Å². The molecular weight excluding hydrogens is 689 g/mol. The molecule has 0 spiro atoms. The molecule has 0 aliphatic rings. The van der Waals surface area contributed by atoms with Crippen molar-refractivity contribution in [2.75, 3.05) is 0 Å². The summed E-state index contributed by atoms with van der Waals surface area (Å²) in [5.74, 6) is 0. The maximum Gasteiger partial charge on any atom is 0.0455 e. The van der Waals surface area contributed by atoms with E-state index in [1.165, 1.54) is 117 Å². The smallest absolute Gasteiger partial charge is 0.0455 e. The molecule has 2 heterocycles. The van der Waals surface area contributed by atoms with E-state index in [-0.39, 0.29) is 0 Å². The van der Waals surface area contributed by atoms with E-state index in [9.17, 15) is 0 Å². The third kappa shape index (κ3) is 4.36. The Bertz CT molecular complexity index is 3430. The van der Waals surface area contributed by atoms with Crippen molar-refractivity contribution in [1.82, 2.24) is 0 Å². The summed E-state index contributed by atoms with van der Waals surface area (Å²) in [4.78, 5) is 0. The van der Waals surface area contributed by atoms with E-state index in [2.05, 4.69) is 182 Å². The average Bonchev–Trinajstić information content (AvgIpc) is 3.82. The van der Waals surface area contributed by atoms with Gasteiger partial charge in [0.1, 0.15) is 0 Å². The number of fused-ring (bicyclic) bond motifs is 13. The molecule has 0 N–H and O–H groups in total. The molecule has 0 saturated heterocycles. The highest BCUT2D eigenvalue weighted by Crippen LogP contribution is 2.51. The van der Waals surface area contributed by atoms with Crippen LogP contribution in [0.4, 0.5) is 0 Å². The number of hydrogen-bond acceptors (Lipinski definition) is 2. The normalized spacial score (nSPS) is 12.1. The van der Waals surface area contributed by atoms with Gasteiger partial charge in [-0.2, -0.15) is 0 Å². The topological polar surface area (TPSA) is 0 Å². The number of thiophene rings is 2. The second kappa shape index (κ2) is 11.6. The van der Waals surface area contributed by atoms with Gasteiger partial charge in [0.05, 0.1) is 0 Å². The van der Waals surface area contributed by atoms with Crippen LogP contribution in [0.5, 0.6) is 0 Å². The first kappa shape index (κ1) is 30.2. The number of benzene rings is 10. The highest BCUT2D eigenvalue weighted by molar-refractivity contribution is 7.30. The van der Waals surface area contributed by atoms with Crippen LogP contribution in [0.1, 0.15) is 0 Å². The van der Waals surface area contributed by atoms with E-state index >= 15 is 0 Å². The van der Waals surface area contributed by atoms with Gasteiger partial charge >= 0.3 is 0 Å². The van der Waals surface area contributed by atoms with Gasteiger partial charge < -0.3 is 0 Å². The average molecular weight is 719 g/mol. The largest absolute Gasteiger partial charge is 0.134 e. The Kier molecular flexibility index (Phi) is 6.48. The molecule has 0 unspecified atom stereocenters. The molecule has 0 bridgehead atoms. The lowest BCUT2D eigenvalue weighted by Gasteiger charge is -2.18. The van der Waals surface area contributed by atoms with Crippen LogP contribution in [0, 0.1) is 0 Å². The predicted molar refractivity (Wildman–Crippen MR) is 239 cm³/mol. The first-order valence-electron chi connectivity index (χ1n) is 18.5. The molecule has 0 fully saturated rings. The molecule has 10 aromatic carbocycles. The SMILES string of the molecule is c1ccc(-c2ccc3ccc(-c4c5ccccc5c(-c5ccc6c(c5)sc5c7ccccc7c7c8ccccc8sc7c65)c5ccccc45)cc3c2)cc1. The van der Waals surface area contributed by atoms with Gasteiger partial charge in [-0.1, -0.05) is 158 Å². The Morgan fingerprint density at radius 2 is 0.759 bits per heavy atom. The lowest BCUT2D eigenvalue weighted by Crippen LogP contribution is -1.91. The maximum absolute atomic E-state index is 2.46. The fourth-order valence-electron chi connectivity index (χ4n) is 9.02. The van der Waals surface area contributed by atoms with Gasteiger partial charge in [0.2, 0.25) is 0 Å². The minimum Gasteiger partial charge on any atom is -0.134 e. The first-order valence-corrected chi connectivity index (χ1v) is 20.1. The summed E-state index contributed by atoms with van der Waals surface area (Å²) >= 11 is 3.88. The minimum absolute atomic E-state index is 1.24. The van der Waals surface area contributed by atoms with E-state index in [0.717, 1.165) is 0 Å². The van der Waals surface area contributed by atoms with Gasteiger partial charge in [0.25, 0.3) is 0 Å². The third-order valence-corrected chi connectivity index (χ3v) is 13.8. The fourth-order valence-corrected chi connectivity index (χ4v) is 11.7. The Labute approximate surface area is 319 Å². The van der Waals surface area contributed by atoms with E-state index in [1.807, 2.05) is 22.7 Å². The van der Waals surface area contributed by atoms with Crippen LogP contribution in [0.25, 0.3) is 117 Å². The Hall–Kier alpha value is -6.32. The molecule has 0 atom stereocenters. The zero-order chi connectivity index (χ0) is 35.3. The van der Waals surface area contributed by atoms with Gasteiger partial charge in [0.15, 0.2) is 0 Å². The molecule has 12 aromatic rings. The summed E-state index contributed by atoms with van der Waals surface area (Å²) in [6, 6.07) is 67.6. The fraction of sp³-hybridized carbons (Fsp3) is 0. The predicted octanol–water partition coefficient (Wildman–Crippen LogP) is 16.0. The van der Waals surface area contributed by atoms with Crippen molar-refractivity contribution in [1.29, 1.82) is 0 Å². The molecule has 2 aromatic heterocycles. The first-order chi connectivity index (χ1) is 26.8. The van der Waals surface area contributed by atoms with Crippen LogP contribution in [0.3, 0.4) is 0 Å². The van der Waals surface area contributed by atoms with Crippen molar-refractivity contribution in [2.24, 2.45) is 0 Å². The van der Waals surface area contributed by atoms with Crippen LogP contribution in [-0.4, -0.2) is 0 Å². The molecule has 0 aliphatic heterocycles. The zero-order valence-corrected chi connectivity index (χ0v) is 30.8. The van der Waals surface area contributed by atoms with Gasteiger partial charge in [-0.3, -0.25) is 0 Å².